The van der Waals surface area contributed by atoms with E-state index < -0.39 is 5.82 Å². The van der Waals surface area contributed by atoms with Gasteiger partial charge in [0.2, 0.25) is 0 Å². The highest BCUT2D eigenvalue weighted by atomic mass is 35.5. The van der Waals surface area contributed by atoms with Crippen LogP contribution in [0, 0.1) is 5.82 Å². The number of nitrogens with one attached hydrogen (secondary N) is 1. The minimum absolute atomic E-state index is 0.0215. The summed E-state index contributed by atoms with van der Waals surface area (Å²) in [5.41, 5.74) is 2.41. The van der Waals surface area contributed by atoms with E-state index in [9.17, 15) is 9.18 Å². The fourth-order valence-corrected chi connectivity index (χ4v) is 4.67. The largest absolute Gasteiger partial charge is 0.489 e. The number of carbonyl (C=O) groups is 1. The van der Waals surface area contributed by atoms with E-state index in [2.05, 4.69) is 10.3 Å². The molecular formula is C30H22ClFN2O3S. The van der Waals surface area contributed by atoms with Crippen LogP contribution in [0.1, 0.15) is 21.6 Å². The Morgan fingerprint density at radius 2 is 1.66 bits per heavy atom. The molecule has 1 heterocycles. The lowest BCUT2D eigenvalue weighted by atomic mass is 10.2. The Labute approximate surface area is 228 Å². The lowest BCUT2D eigenvalue weighted by Gasteiger charge is -2.09. The Morgan fingerprint density at radius 3 is 2.45 bits per heavy atom. The van der Waals surface area contributed by atoms with Gasteiger partial charge in [-0.15, -0.1) is 11.3 Å². The monoisotopic (exact) mass is 544 g/mol. The third kappa shape index (κ3) is 6.37. The quantitative estimate of drug-likeness (QED) is 0.205. The van der Waals surface area contributed by atoms with E-state index >= 15 is 0 Å². The van der Waals surface area contributed by atoms with E-state index in [1.54, 1.807) is 29.6 Å². The summed E-state index contributed by atoms with van der Waals surface area (Å²) in [4.78, 5) is 17.2. The summed E-state index contributed by atoms with van der Waals surface area (Å²) >= 11 is 7.43. The molecule has 0 unspecified atom stereocenters. The third-order valence-corrected chi connectivity index (χ3v) is 6.86. The molecule has 0 aliphatic heterocycles. The summed E-state index contributed by atoms with van der Waals surface area (Å²) in [6.07, 6.45) is 0. The van der Waals surface area contributed by atoms with Gasteiger partial charge >= 0.3 is 0 Å². The number of carbonyl (C=O) groups excluding carboxylic acids is 1. The van der Waals surface area contributed by atoms with Crippen molar-refractivity contribution in [2.45, 2.75) is 13.2 Å². The second-order valence-electron chi connectivity index (χ2n) is 8.30. The number of thiazole rings is 1. The topological polar surface area (TPSA) is 60.5 Å². The van der Waals surface area contributed by atoms with E-state index in [0.717, 1.165) is 16.9 Å². The number of hydrogen-bond acceptors (Lipinski definition) is 5. The predicted molar refractivity (Wildman–Crippen MR) is 147 cm³/mol. The Bertz CT molecular complexity index is 1520. The van der Waals surface area contributed by atoms with E-state index in [4.69, 9.17) is 21.1 Å². The summed E-state index contributed by atoms with van der Waals surface area (Å²) in [5.74, 6) is 1.35. The molecule has 38 heavy (non-hydrogen) atoms. The summed E-state index contributed by atoms with van der Waals surface area (Å²) in [7, 11) is 0. The highest BCUT2D eigenvalue weighted by molar-refractivity contribution is 7.13. The maximum Gasteiger partial charge on any atom is 0.271 e. The third-order valence-electron chi connectivity index (χ3n) is 5.61. The number of ether oxygens (including phenoxy) is 2. The number of hydrogen-bond donors (Lipinski definition) is 1. The summed E-state index contributed by atoms with van der Waals surface area (Å²) in [6.45, 7) is 0.365. The summed E-state index contributed by atoms with van der Waals surface area (Å²) in [5, 5.41) is 5.66. The fraction of sp³-hybridized carbons (Fsp3) is 0.0667. The Hall–Kier alpha value is -4.20. The average Bonchev–Trinajstić information content (AvgIpc) is 3.43. The molecule has 0 aliphatic rings. The molecule has 1 amide bonds. The minimum Gasteiger partial charge on any atom is -0.489 e. The number of benzene rings is 4. The van der Waals surface area contributed by atoms with Gasteiger partial charge in [-0.2, -0.15) is 0 Å². The molecule has 0 aliphatic carbocycles. The zero-order valence-electron chi connectivity index (χ0n) is 20.1. The first-order valence-corrected chi connectivity index (χ1v) is 13.0. The molecule has 0 spiro atoms. The van der Waals surface area contributed by atoms with Crippen molar-refractivity contribution >= 4 is 28.8 Å². The normalized spacial score (nSPS) is 10.7. The minimum atomic E-state index is -0.407. The zero-order valence-corrected chi connectivity index (χ0v) is 21.6. The van der Waals surface area contributed by atoms with Crippen molar-refractivity contribution in [3.63, 3.8) is 0 Å². The van der Waals surface area contributed by atoms with Gasteiger partial charge in [0.05, 0.1) is 5.02 Å². The van der Waals surface area contributed by atoms with Gasteiger partial charge in [0.25, 0.3) is 5.91 Å². The van der Waals surface area contributed by atoms with Crippen LogP contribution in [0.4, 0.5) is 4.39 Å². The van der Waals surface area contributed by atoms with E-state index in [-0.39, 0.29) is 12.5 Å². The Balaban J connectivity index is 1.17. The molecule has 8 heteroatoms. The van der Waals surface area contributed by atoms with Gasteiger partial charge in [-0.25, -0.2) is 9.37 Å². The lowest BCUT2D eigenvalue weighted by Crippen LogP contribution is -2.23. The average molecular weight is 545 g/mol. The van der Waals surface area contributed by atoms with Crippen LogP contribution in [0.2, 0.25) is 5.02 Å². The van der Waals surface area contributed by atoms with Crippen LogP contribution in [0.3, 0.4) is 0 Å². The van der Waals surface area contributed by atoms with Crippen LogP contribution in [-0.2, 0) is 13.2 Å². The van der Waals surface area contributed by atoms with Crippen molar-refractivity contribution < 1.29 is 18.7 Å². The van der Waals surface area contributed by atoms with Gasteiger partial charge in [0.1, 0.15) is 40.4 Å². The van der Waals surface area contributed by atoms with E-state index in [0.29, 0.717) is 39.3 Å². The van der Waals surface area contributed by atoms with Crippen LogP contribution >= 0.6 is 22.9 Å². The fourth-order valence-electron chi connectivity index (χ4n) is 3.65. The first kappa shape index (κ1) is 25.4. The van der Waals surface area contributed by atoms with E-state index in [1.807, 2.05) is 66.7 Å². The second kappa shape index (κ2) is 11.9. The molecule has 190 valence electrons. The number of halogens is 2. The van der Waals surface area contributed by atoms with Gasteiger partial charge in [-0.3, -0.25) is 4.79 Å². The summed E-state index contributed by atoms with van der Waals surface area (Å²) in [6, 6.07) is 28.9. The summed E-state index contributed by atoms with van der Waals surface area (Å²) < 4.78 is 25.5. The molecule has 0 saturated heterocycles. The first-order chi connectivity index (χ1) is 18.5. The number of aromatic nitrogens is 1. The maximum absolute atomic E-state index is 13.9. The SMILES string of the molecule is O=C(NCc1cccc(Oc2ccccc2)c1)c1csc(-c2ccc(OCc3c(F)cccc3Cl)cc2)n1. The number of rotatable bonds is 9. The van der Waals surface area contributed by atoms with Gasteiger partial charge in [0.15, 0.2) is 0 Å². The molecular weight excluding hydrogens is 523 g/mol. The molecule has 4 aromatic carbocycles. The standard InChI is InChI=1S/C30H22ClFN2O3S/c31-26-10-5-11-27(32)25(26)18-36-22-14-12-21(13-15-22)30-34-28(19-38-30)29(35)33-17-20-6-4-9-24(16-20)37-23-7-2-1-3-8-23/h1-16,19H,17-18H2,(H,33,35). The highest BCUT2D eigenvalue weighted by Gasteiger charge is 2.13. The van der Waals surface area contributed by atoms with Crippen molar-refractivity contribution in [2.24, 2.45) is 0 Å². The van der Waals surface area contributed by atoms with Gasteiger partial charge in [-0.1, -0.05) is 48.0 Å². The molecule has 0 saturated carbocycles. The van der Waals surface area contributed by atoms with Gasteiger partial charge in [-0.05, 0) is 66.2 Å². The predicted octanol–water partition coefficient (Wildman–Crippen LogP) is 7.90. The van der Waals surface area contributed by atoms with Gasteiger partial charge in [0, 0.05) is 23.1 Å². The molecule has 0 bridgehead atoms. The van der Waals surface area contributed by atoms with E-state index in [1.165, 1.54) is 17.4 Å². The van der Waals surface area contributed by atoms with Crippen molar-refractivity contribution in [3.05, 3.63) is 130 Å². The van der Waals surface area contributed by atoms with Crippen molar-refractivity contribution in [1.29, 1.82) is 0 Å². The maximum atomic E-state index is 13.9. The first-order valence-electron chi connectivity index (χ1n) is 11.8. The van der Waals surface area contributed by atoms with Crippen LogP contribution in [0.5, 0.6) is 17.2 Å². The van der Waals surface area contributed by atoms with Crippen LogP contribution in [0.15, 0.2) is 102 Å². The smallest absolute Gasteiger partial charge is 0.271 e. The molecule has 1 aromatic heterocycles. The van der Waals surface area contributed by atoms with Crippen LogP contribution < -0.4 is 14.8 Å². The lowest BCUT2D eigenvalue weighted by molar-refractivity contribution is 0.0946. The molecule has 0 atom stereocenters. The molecule has 0 fully saturated rings. The molecule has 5 rings (SSSR count). The van der Waals surface area contributed by atoms with Crippen molar-refractivity contribution in [3.8, 4) is 27.8 Å². The number of para-hydroxylation sites is 1. The second-order valence-corrected chi connectivity index (χ2v) is 9.56. The Morgan fingerprint density at radius 1 is 0.895 bits per heavy atom. The number of amides is 1. The Kier molecular flexibility index (Phi) is 7.97. The molecule has 5 aromatic rings. The molecule has 5 nitrogen and oxygen atoms in total. The molecule has 0 radical (unpaired) electrons. The van der Waals surface area contributed by atoms with Crippen molar-refractivity contribution in [1.82, 2.24) is 10.3 Å². The molecule has 1 N–H and O–H groups in total. The van der Waals surface area contributed by atoms with Crippen LogP contribution in [0.25, 0.3) is 10.6 Å². The van der Waals surface area contributed by atoms with Crippen molar-refractivity contribution in [2.75, 3.05) is 0 Å². The highest BCUT2D eigenvalue weighted by Crippen LogP contribution is 2.27. The van der Waals surface area contributed by atoms with Crippen LogP contribution in [-0.4, -0.2) is 10.9 Å². The number of nitrogens with zero attached hydrogens (tertiary/aromatic N) is 1. The van der Waals surface area contributed by atoms with Gasteiger partial charge < -0.3 is 14.8 Å². The zero-order chi connectivity index (χ0) is 26.3.